The smallest absolute Gasteiger partial charge is 0.274 e. The zero-order chi connectivity index (χ0) is 13.0. The predicted octanol–water partition coefficient (Wildman–Crippen LogP) is -0.568. The Hall–Kier alpha value is -0.930. The van der Waals surface area contributed by atoms with Crippen molar-refractivity contribution in [2.24, 2.45) is 5.73 Å². The first kappa shape index (κ1) is 13.5. The monoisotopic (exact) mass is 276 g/mol. The van der Waals surface area contributed by atoms with Gasteiger partial charge in [0.1, 0.15) is 5.76 Å². The van der Waals surface area contributed by atoms with Crippen LogP contribution in [-0.4, -0.2) is 40.9 Å². The van der Waals surface area contributed by atoms with Crippen molar-refractivity contribution in [1.82, 2.24) is 4.72 Å². The second-order valence-electron chi connectivity index (χ2n) is 3.84. The molecule has 0 saturated carbocycles. The van der Waals surface area contributed by atoms with Gasteiger partial charge in [-0.1, -0.05) is 0 Å². The first-order chi connectivity index (χ1) is 8.62. The molecule has 3 N–H and O–H groups in total. The molecular weight excluding hydrogens is 260 g/mol. The minimum absolute atomic E-state index is 0.139. The highest BCUT2D eigenvalue weighted by Crippen LogP contribution is 2.13. The molecule has 1 aliphatic heterocycles. The number of rotatable bonds is 5. The third kappa shape index (κ3) is 3.30. The number of nitrogens with one attached hydrogen (secondary N) is 1. The second-order valence-corrected chi connectivity index (χ2v) is 5.54. The molecule has 0 spiro atoms. The molecule has 1 saturated heterocycles. The van der Waals surface area contributed by atoms with Crippen molar-refractivity contribution in [1.29, 1.82) is 0 Å². The molecule has 0 amide bonds. The number of hydrogen-bond donors (Lipinski definition) is 2. The van der Waals surface area contributed by atoms with Crippen LogP contribution in [0.25, 0.3) is 0 Å². The molecule has 0 bridgehead atoms. The maximum Gasteiger partial charge on any atom is 0.274 e. The van der Waals surface area contributed by atoms with E-state index in [1.54, 1.807) is 0 Å². The summed E-state index contributed by atoms with van der Waals surface area (Å²) < 4.78 is 41.7. The molecule has 0 aromatic carbocycles. The molecule has 1 fully saturated rings. The summed E-state index contributed by atoms with van der Waals surface area (Å²) in [4.78, 5) is 0. The maximum absolute atomic E-state index is 11.9. The highest BCUT2D eigenvalue weighted by atomic mass is 32.2. The van der Waals surface area contributed by atoms with Crippen molar-refractivity contribution in [3.05, 3.63) is 17.9 Å². The number of furan rings is 1. The van der Waals surface area contributed by atoms with Crippen LogP contribution in [0.15, 0.2) is 21.6 Å². The summed E-state index contributed by atoms with van der Waals surface area (Å²) in [6.07, 6.45) is -0.266. The summed E-state index contributed by atoms with van der Waals surface area (Å²) in [5, 5.41) is -0.139. The van der Waals surface area contributed by atoms with E-state index in [9.17, 15) is 8.42 Å². The molecule has 0 radical (unpaired) electrons. The standard InChI is InChI=1S/C10H16N2O5S/c11-5-8-1-2-10(17-8)18(13,14)12-6-9-7-15-3-4-16-9/h1-2,9,12H,3-7,11H2. The fourth-order valence-corrected chi connectivity index (χ4v) is 2.55. The van der Waals surface area contributed by atoms with Gasteiger partial charge >= 0.3 is 0 Å². The van der Waals surface area contributed by atoms with Gasteiger partial charge in [-0.3, -0.25) is 0 Å². The fraction of sp³-hybridized carbons (Fsp3) is 0.600. The molecule has 7 nitrogen and oxygen atoms in total. The van der Waals surface area contributed by atoms with E-state index in [0.717, 1.165) is 0 Å². The van der Waals surface area contributed by atoms with Crippen LogP contribution < -0.4 is 10.5 Å². The van der Waals surface area contributed by atoms with Gasteiger partial charge in [-0.25, -0.2) is 13.1 Å². The summed E-state index contributed by atoms with van der Waals surface area (Å²) in [6, 6.07) is 2.91. The van der Waals surface area contributed by atoms with E-state index in [1.165, 1.54) is 12.1 Å². The highest BCUT2D eigenvalue weighted by Gasteiger charge is 2.22. The van der Waals surface area contributed by atoms with E-state index in [4.69, 9.17) is 19.6 Å². The number of ether oxygens (including phenoxy) is 2. The molecule has 18 heavy (non-hydrogen) atoms. The SMILES string of the molecule is NCc1ccc(S(=O)(=O)NCC2COCCO2)o1. The van der Waals surface area contributed by atoms with E-state index in [0.29, 0.717) is 25.6 Å². The van der Waals surface area contributed by atoms with Crippen molar-refractivity contribution in [3.63, 3.8) is 0 Å². The average Bonchev–Trinajstić information content (AvgIpc) is 2.87. The van der Waals surface area contributed by atoms with Gasteiger partial charge in [0.2, 0.25) is 5.09 Å². The molecule has 1 atom stereocenters. The molecule has 1 aromatic heterocycles. The second kappa shape index (κ2) is 5.81. The highest BCUT2D eigenvalue weighted by molar-refractivity contribution is 7.89. The Bertz CT molecular complexity index is 478. The largest absolute Gasteiger partial charge is 0.447 e. The minimum Gasteiger partial charge on any atom is -0.447 e. The molecule has 0 aliphatic carbocycles. The van der Waals surface area contributed by atoms with Crippen molar-refractivity contribution in [2.75, 3.05) is 26.4 Å². The summed E-state index contributed by atoms with van der Waals surface area (Å²) in [5.74, 6) is 0.424. The summed E-state index contributed by atoms with van der Waals surface area (Å²) in [7, 11) is -3.66. The van der Waals surface area contributed by atoms with E-state index in [2.05, 4.69) is 4.72 Å². The van der Waals surface area contributed by atoms with Crippen molar-refractivity contribution in [3.8, 4) is 0 Å². The van der Waals surface area contributed by atoms with Gasteiger partial charge in [-0.05, 0) is 12.1 Å². The normalized spacial score (nSPS) is 21.1. The molecule has 1 aromatic rings. The van der Waals surface area contributed by atoms with Crippen LogP contribution in [0, 0.1) is 0 Å². The first-order valence-electron chi connectivity index (χ1n) is 5.59. The maximum atomic E-state index is 11.9. The van der Waals surface area contributed by atoms with E-state index in [-0.39, 0.29) is 24.3 Å². The van der Waals surface area contributed by atoms with Gasteiger partial charge < -0.3 is 19.6 Å². The Kier molecular flexibility index (Phi) is 4.36. The minimum atomic E-state index is -3.66. The topological polar surface area (TPSA) is 104 Å². The lowest BCUT2D eigenvalue weighted by atomic mass is 10.3. The Morgan fingerprint density at radius 2 is 2.22 bits per heavy atom. The molecule has 8 heteroatoms. The summed E-state index contributed by atoms with van der Waals surface area (Å²) in [6.45, 7) is 1.72. The molecule has 2 heterocycles. The lowest BCUT2D eigenvalue weighted by Crippen LogP contribution is -2.39. The zero-order valence-electron chi connectivity index (χ0n) is 9.79. The van der Waals surface area contributed by atoms with Crippen molar-refractivity contribution < 1.29 is 22.3 Å². The molecule has 1 aliphatic rings. The van der Waals surface area contributed by atoms with Gasteiger partial charge in [-0.2, -0.15) is 0 Å². The zero-order valence-corrected chi connectivity index (χ0v) is 10.6. The Morgan fingerprint density at radius 1 is 1.39 bits per heavy atom. The fourth-order valence-electron chi connectivity index (χ4n) is 1.54. The third-order valence-electron chi connectivity index (χ3n) is 2.49. The van der Waals surface area contributed by atoms with E-state index >= 15 is 0 Å². The van der Waals surface area contributed by atoms with E-state index < -0.39 is 10.0 Å². The Balaban J connectivity index is 1.94. The van der Waals surface area contributed by atoms with Crippen molar-refractivity contribution >= 4 is 10.0 Å². The van der Waals surface area contributed by atoms with Crippen LogP contribution in [0.1, 0.15) is 5.76 Å². The van der Waals surface area contributed by atoms with Crippen LogP contribution in [0.3, 0.4) is 0 Å². The molecule has 102 valence electrons. The molecule has 1 unspecified atom stereocenters. The van der Waals surface area contributed by atoms with Crippen LogP contribution in [0.2, 0.25) is 0 Å². The summed E-state index contributed by atoms with van der Waals surface area (Å²) in [5.41, 5.74) is 5.35. The third-order valence-corrected chi connectivity index (χ3v) is 3.78. The molecule has 2 rings (SSSR count). The van der Waals surface area contributed by atoms with Crippen LogP contribution >= 0.6 is 0 Å². The van der Waals surface area contributed by atoms with E-state index in [1.807, 2.05) is 0 Å². The van der Waals surface area contributed by atoms with Gasteiger partial charge in [-0.15, -0.1) is 0 Å². The lowest BCUT2D eigenvalue weighted by molar-refractivity contribution is -0.0847. The van der Waals surface area contributed by atoms with Gasteiger partial charge in [0, 0.05) is 6.54 Å². The average molecular weight is 276 g/mol. The van der Waals surface area contributed by atoms with Gasteiger partial charge in [0.15, 0.2) is 0 Å². The van der Waals surface area contributed by atoms with Crippen LogP contribution in [-0.2, 0) is 26.0 Å². The van der Waals surface area contributed by atoms with Gasteiger partial charge in [0.05, 0.1) is 32.5 Å². The lowest BCUT2D eigenvalue weighted by Gasteiger charge is -2.22. The van der Waals surface area contributed by atoms with Crippen LogP contribution in [0.5, 0.6) is 0 Å². The Labute approximate surface area is 105 Å². The first-order valence-corrected chi connectivity index (χ1v) is 7.08. The number of hydrogen-bond acceptors (Lipinski definition) is 6. The molecular formula is C10H16N2O5S. The van der Waals surface area contributed by atoms with Crippen molar-refractivity contribution in [2.45, 2.75) is 17.7 Å². The summed E-state index contributed by atoms with van der Waals surface area (Å²) >= 11 is 0. The number of nitrogens with two attached hydrogens (primary N) is 1. The Morgan fingerprint density at radius 3 is 2.83 bits per heavy atom. The number of sulfonamides is 1. The van der Waals surface area contributed by atoms with Gasteiger partial charge in [0.25, 0.3) is 10.0 Å². The predicted molar refractivity (Wildman–Crippen MR) is 62.3 cm³/mol. The quantitative estimate of drug-likeness (QED) is 0.746. The van der Waals surface area contributed by atoms with Crippen LogP contribution in [0.4, 0.5) is 0 Å².